The number of hydrogen-bond acceptors (Lipinski definition) is 7. The van der Waals surface area contributed by atoms with Gasteiger partial charge in [-0.2, -0.15) is 8.78 Å². The van der Waals surface area contributed by atoms with Crippen molar-refractivity contribution in [3.63, 3.8) is 0 Å². The Labute approximate surface area is 248 Å². The summed E-state index contributed by atoms with van der Waals surface area (Å²) >= 11 is 0. The van der Waals surface area contributed by atoms with Crippen LogP contribution in [0.1, 0.15) is 53.7 Å². The number of pyridine rings is 1. The number of esters is 1. The second-order valence-corrected chi connectivity index (χ2v) is 11.2. The molecule has 1 saturated heterocycles. The smallest absolute Gasteiger partial charge is 0.387 e. The highest BCUT2D eigenvalue weighted by atomic mass is 19.3. The fourth-order valence-electron chi connectivity index (χ4n) is 5.11. The van der Waals surface area contributed by atoms with Gasteiger partial charge in [0.1, 0.15) is 11.2 Å². The lowest BCUT2D eigenvalue weighted by Crippen LogP contribution is -2.49. The Bertz CT molecular complexity index is 1500. The molecule has 0 radical (unpaired) electrons. The SMILES string of the molecule is Cc1ccc(N(C)C(=O)c2cccc(OC(=O)[C@@]3(C)CC(c4ccc(OC(F)F)c(OCC5CC5)c4)CN3C=O)n2)cc1. The maximum atomic E-state index is 13.5. The molecule has 2 aliphatic rings. The Morgan fingerprint density at radius 3 is 2.53 bits per heavy atom. The van der Waals surface area contributed by atoms with Crippen LogP contribution in [0.3, 0.4) is 0 Å². The molecule has 2 amide bonds. The summed E-state index contributed by atoms with van der Waals surface area (Å²) in [6, 6.07) is 16.7. The first kappa shape index (κ1) is 29.9. The molecule has 2 fully saturated rings. The van der Waals surface area contributed by atoms with E-state index in [1.807, 2.05) is 31.2 Å². The molecular weight excluding hydrogens is 560 g/mol. The third-order valence-corrected chi connectivity index (χ3v) is 7.95. The Balaban J connectivity index is 1.31. The molecule has 9 nitrogen and oxygen atoms in total. The molecule has 1 saturated carbocycles. The highest BCUT2D eigenvalue weighted by molar-refractivity contribution is 6.04. The minimum Gasteiger partial charge on any atom is -0.489 e. The molecule has 2 aromatic carbocycles. The molecule has 1 aliphatic heterocycles. The Kier molecular flexibility index (Phi) is 8.61. The van der Waals surface area contributed by atoms with Crippen LogP contribution in [0.25, 0.3) is 0 Å². The minimum atomic E-state index is -3.00. The van der Waals surface area contributed by atoms with E-state index in [1.54, 1.807) is 32.2 Å². The second kappa shape index (κ2) is 12.4. The van der Waals surface area contributed by atoms with Gasteiger partial charge in [-0.25, -0.2) is 9.78 Å². The molecule has 226 valence electrons. The van der Waals surface area contributed by atoms with E-state index in [-0.39, 0.29) is 47.9 Å². The molecule has 1 aliphatic carbocycles. The zero-order valence-corrected chi connectivity index (χ0v) is 24.2. The minimum absolute atomic E-state index is 0.0691. The van der Waals surface area contributed by atoms with E-state index in [1.165, 1.54) is 28.0 Å². The lowest BCUT2D eigenvalue weighted by molar-refractivity contribution is -0.149. The third-order valence-electron chi connectivity index (χ3n) is 7.95. The number of aromatic nitrogens is 1. The van der Waals surface area contributed by atoms with Gasteiger partial charge < -0.3 is 24.0 Å². The number of alkyl halides is 2. The summed E-state index contributed by atoms with van der Waals surface area (Å²) in [7, 11) is 1.63. The highest BCUT2D eigenvalue weighted by Gasteiger charge is 2.49. The zero-order chi connectivity index (χ0) is 30.7. The van der Waals surface area contributed by atoms with E-state index in [2.05, 4.69) is 9.72 Å². The van der Waals surface area contributed by atoms with Gasteiger partial charge in [0, 0.05) is 31.3 Å². The monoisotopic (exact) mass is 593 g/mol. The lowest BCUT2D eigenvalue weighted by Gasteiger charge is -2.29. The summed E-state index contributed by atoms with van der Waals surface area (Å²) in [6.07, 6.45) is 2.84. The molecule has 11 heteroatoms. The number of amides is 2. The lowest BCUT2D eigenvalue weighted by atomic mass is 9.89. The second-order valence-electron chi connectivity index (χ2n) is 11.2. The number of benzene rings is 2. The van der Waals surface area contributed by atoms with Crippen LogP contribution in [0, 0.1) is 12.8 Å². The van der Waals surface area contributed by atoms with Crippen molar-refractivity contribution in [3.8, 4) is 17.4 Å². The molecule has 2 heterocycles. The van der Waals surface area contributed by atoms with Crippen LogP contribution in [-0.2, 0) is 9.59 Å². The van der Waals surface area contributed by atoms with Gasteiger partial charge >= 0.3 is 12.6 Å². The quantitative estimate of drug-likeness (QED) is 0.218. The summed E-state index contributed by atoms with van der Waals surface area (Å²) in [4.78, 5) is 45.7. The van der Waals surface area contributed by atoms with Crippen molar-refractivity contribution in [2.45, 2.75) is 51.2 Å². The van der Waals surface area contributed by atoms with Crippen LogP contribution in [0.5, 0.6) is 17.4 Å². The van der Waals surface area contributed by atoms with Crippen molar-refractivity contribution in [3.05, 3.63) is 77.5 Å². The van der Waals surface area contributed by atoms with Gasteiger partial charge in [-0.05, 0) is 74.9 Å². The van der Waals surface area contributed by atoms with E-state index in [0.29, 0.717) is 30.2 Å². The fourth-order valence-corrected chi connectivity index (χ4v) is 5.11. The normalized spacial score (nSPS) is 19.7. The Morgan fingerprint density at radius 1 is 1.12 bits per heavy atom. The number of ether oxygens (including phenoxy) is 3. The molecule has 1 unspecified atom stereocenters. The standard InChI is InChI=1S/C32H33F2N3O6/c1-20-7-12-24(13-8-20)36(3)29(39)25-5-4-6-28(35-25)43-30(40)32(2)16-23(17-37(32)19-38)22-11-14-26(42-31(33)34)27(15-22)41-18-21-9-10-21/h4-8,11-15,19,21,23,31H,9-10,16-18H2,1-3H3/t23?,32-/m1/s1. The van der Waals surface area contributed by atoms with Crippen LogP contribution >= 0.6 is 0 Å². The third kappa shape index (κ3) is 6.76. The van der Waals surface area contributed by atoms with Crippen molar-refractivity contribution >= 4 is 24.0 Å². The van der Waals surface area contributed by atoms with Crippen LogP contribution in [-0.4, -0.2) is 60.5 Å². The molecule has 1 aromatic heterocycles. The number of anilines is 1. The zero-order valence-electron chi connectivity index (χ0n) is 24.2. The predicted molar refractivity (Wildman–Crippen MR) is 154 cm³/mol. The molecule has 2 atom stereocenters. The summed E-state index contributed by atoms with van der Waals surface area (Å²) in [6.45, 7) is 1.14. The molecule has 0 spiro atoms. The van der Waals surface area contributed by atoms with Gasteiger partial charge in [0.05, 0.1) is 6.61 Å². The summed E-state index contributed by atoms with van der Waals surface area (Å²) in [5.41, 5.74) is 1.19. The van der Waals surface area contributed by atoms with Gasteiger partial charge in [0.15, 0.2) is 11.5 Å². The number of likely N-dealkylation sites (tertiary alicyclic amines) is 1. The van der Waals surface area contributed by atoms with Crippen molar-refractivity contribution in [2.24, 2.45) is 5.92 Å². The molecule has 5 rings (SSSR count). The average Bonchev–Trinajstić information content (AvgIpc) is 3.76. The number of carbonyl (C=O) groups excluding carboxylic acids is 3. The molecule has 0 bridgehead atoms. The van der Waals surface area contributed by atoms with Crippen molar-refractivity contribution in [1.29, 1.82) is 0 Å². The first-order chi connectivity index (χ1) is 20.6. The number of halogens is 2. The Hall–Kier alpha value is -4.54. The number of rotatable bonds is 11. The highest BCUT2D eigenvalue weighted by Crippen LogP contribution is 2.42. The molecule has 3 aromatic rings. The number of aryl methyl sites for hydroxylation is 1. The summed E-state index contributed by atoms with van der Waals surface area (Å²) < 4.78 is 42.0. The van der Waals surface area contributed by atoms with E-state index < -0.39 is 18.1 Å². The van der Waals surface area contributed by atoms with E-state index in [0.717, 1.165) is 18.4 Å². The number of hydrogen-bond donors (Lipinski definition) is 0. The van der Waals surface area contributed by atoms with Crippen molar-refractivity contribution < 1.29 is 37.4 Å². The van der Waals surface area contributed by atoms with Crippen LogP contribution < -0.4 is 19.1 Å². The maximum absolute atomic E-state index is 13.5. The van der Waals surface area contributed by atoms with Gasteiger partial charge in [0.25, 0.3) is 5.91 Å². The molecule has 0 N–H and O–H groups in total. The van der Waals surface area contributed by atoms with Gasteiger partial charge in [-0.1, -0.05) is 29.8 Å². The summed E-state index contributed by atoms with van der Waals surface area (Å²) in [5, 5.41) is 0. The van der Waals surface area contributed by atoms with E-state index >= 15 is 0 Å². The first-order valence-electron chi connectivity index (χ1n) is 14.0. The Morgan fingerprint density at radius 2 is 1.86 bits per heavy atom. The van der Waals surface area contributed by atoms with E-state index in [9.17, 15) is 23.2 Å². The predicted octanol–water partition coefficient (Wildman–Crippen LogP) is 5.37. The number of nitrogens with zero attached hydrogens (tertiary/aromatic N) is 3. The number of carbonyl (C=O) groups is 3. The van der Waals surface area contributed by atoms with Gasteiger partial charge in [-0.15, -0.1) is 0 Å². The van der Waals surface area contributed by atoms with Crippen LogP contribution in [0.4, 0.5) is 14.5 Å². The van der Waals surface area contributed by atoms with Gasteiger partial charge in [-0.3, -0.25) is 9.59 Å². The summed E-state index contributed by atoms with van der Waals surface area (Å²) in [5.74, 6) is -0.969. The van der Waals surface area contributed by atoms with E-state index in [4.69, 9.17) is 9.47 Å². The van der Waals surface area contributed by atoms with Crippen molar-refractivity contribution in [2.75, 3.05) is 25.1 Å². The largest absolute Gasteiger partial charge is 0.489 e. The maximum Gasteiger partial charge on any atom is 0.387 e. The topological polar surface area (TPSA) is 98.3 Å². The molecular formula is C32H33F2N3O6. The fraction of sp³-hybridized carbons (Fsp3) is 0.375. The first-order valence-corrected chi connectivity index (χ1v) is 14.0. The average molecular weight is 594 g/mol. The van der Waals surface area contributed by atoms with Crippen molar-refractivity contribution in [1.82, 2.24) is 9.88 Å². The molecule has 43 heavy (non-hydrogen) atoms. The van der Waals surface area contributed by atoms with Crippen LogP contribution in [0.15, 0.2) is 60.7 Å². The van der Waals surface area contributed by atoms with Crippen LogP contribution in [0.2, 0.25) is 0 Å². The van der Waals surface area contributed by atoms with Gasteiger partial charge in [0.2, 0.25) is 12.3 Å².